The van der Waals surface area contributed by atoms with E-state index in [1.54, 1.807) is 7.11 Å². The van der Waals surface area contributed by atoms with Crippen LogP contribution in [0.3, 0.4) is 0 Å². The molecule has 1 aromatic rings. The second-order valence-electron chi connectivity index (χ2n) is 10.3. The maximum atomic E-state index is 14.0. The van der Waals surface area contributed by atoms with Crippen molar-refractivity contribution < 1.29 is 33.3 Å². The van der Waals surface area contributed by atoms with Crippen molar-refractivity contribution in [2.45, 2.75) is 62.8 Å². The van der Waals surface area contributed by atoms with Crippen molar-refractivity contribution in [1.29, 1.82) is 0 Å². The third kappa shape index (κ3) is 2.83. The molecule has 3 heterocycles. The summed E-state index contributed by atoms with van der Waals surface area (Å²) in [5.41, 5.74) is -1.35. The molecule has 194 valence electrons. The van der Waals surface area contributed by atoms with Crippen LogP contribution >= 0.6 is 0 Å². The van der Waals surface area contributed by atoms with E-state index in [9.17, 15) is 14.4 Å². The molecule has 0 radical (unpaired) electrons. The summed E-state index contributed by atoms with van der Waals surface area (Å²) in [4.78, 5) is 43.8. The smallest absolute Gasteiger partial charge is 0.356 e. The van der Waals surface area contributed by atoms with Crippen LogP contribution in [0.1, 0.15) is 39.2 Å². The summed E-state index contributed by atoms with van der Waals surface area (Å²) in [6.45, 7) is 6.16. The molecule has 0 N–H and O–H groups in total. The monoisotopic (exact) mass is 498 g/mol. The van der Waals surface area contributed by atoms with Gasteiger partial charge in [-0.1, -0.05) is 25.1 Å². The number of hydrogen-bond acceptors (Lipinski definition) is 9. The Morgan fingerprint density at radius 2 is 1.86 bits per heavy atom. The van der Waals surface area contributed by atoms with Gasteiger partial charge in [-0.15, -0.1) is 0 Å². The molecule has 4 aliphatic rings. The Hall–Kier alpha value is -3.07. The van der Waals surface area contributed by atoms with E-state index in [-0.39, 0.29) is 6.04 Å². The summed E-state index contributed by atoms with van der Waals surface area (Å²) in [7, 11) is 4.78. The lowest BCUT2D eigenvalue weighted by molar-refractivity contribution is -0.239. The summed E-state index contributed by atoms with van der Waals surface area (Å²) in [5, 5.41) is 0. The Balaban J connectivity index is 1.91. The summed E-state index contributed by atoms with van der Waals surface area (Å²) in [6, 6.07) is 5.18. The fraction of sp³-hybridized carbons (Fsp3) is 0.593. The molecule has 6 atom stereocenters. The van der Waals surface area contributed by atoms with Crippen LogP contribution in [0.4, 0.5) is 5.69 Å². The third-order valence-electron chi connectivity index (χ3n) is 8.90. The minimum atomic E-state index is -1.91. The van der Waals surface area contributed by atoms with Gasteiger partial charge in [0.2, 0.25) is 0 Å². The van der Waals surface area contributed by atoms with Gasteiger partial charge < -0.3 is 23.8 Å². The molecule has 1 spiro atoms. The van der Waals surface area contributed by atoms with Crippen LogP contribution in [0.5, 0.6) is 5.75 Å². The molecule has 9 heteroatoms. The number of nitrogens with zero attached hydrogens (tertiary/aromatic N) is 2. The number of esters is 3. The minimum Gasteiger partial charge on any atom is -0.497 e. The zero-order chi connectivity index (χ0) is 26.0. The van der Waals surface area contributed by atoms with Gasteiger partial charge in [-0.2, -0.15) is 0 Å². The van der Waals surface area contributed by atoms with E-state index >= 15 is 0 Å². The Kier molecular flexibility index (Phi) is 5.63. The fourth-order valence-corrected chi connectivity index (χ4v) is 8.03. The number of carbonyl (C=O) groups is 3. The molecule has 1 aliphatic carbocycles. The molecule has 0 unspecified atom stereocenters. The van der Waals surface area contributed by atoms with E-state index in [0.717, 1.165) is 30.8 Å². The van der Waals surface area contributed by atoms with Crippen molar-refractivity contribution in [3.8, 4) is 5.75 Å². The molecule has 0 amide bonds. The first-order chi connectivity index (χ1) is 17.1. The number of benzene rings is 1. The van der Waals surface area contributed by atoms with E-state index < -0.39 is 46.5 Å². The van der Waals surface area contributed by atoms with Crippen LogP contribution in [0, 0.1) is 5.41 Å². The summed E-state index contributed by atoms with van der Waals surface area (Å²) in [6.07, 6.45) is 4.35. The molecule has 5 rings (SSSR count). The van der Waals surface area contributed by atoms with Crippen LogP contribution in [0.2, 0.25) is 0 Å². The predicted molar refractivity (Wildman–Crippen MR) is 131 cm³/mol. The number of anilines is 1. The summed E-state index contributed by atoms with van der Waals surface area (Å²) >= 11 is 0. The molecule has 0 aromatic heterocycles. The normalized spacial score (nSPS) is 35.9. The number of ether oxygens (including phenoxy) is 4. The van der Waals surface area contributed by atoms with Gasteiger partial charge in [0, 0.05) is 56.1 Å². The number of carbonyl (C=O) groups excluding carboxylic acids is 3. The lowest BCUT2D eigenvalue weighted by Crippen LogP contribution is -2.82. The fourth-order valence-electron chi connectivity index (χ4n) is 8.03. The molecule has 0 bridgehead atoms. The average molecular weight is 499 g/mol. The maximum absolute atomic E-state index is 14.0. The number of likely N-dealkylation sites (N-methyl/N-ethyl adjacent to an activating group) is 1. The van der Waals surface area contributed by atoms with Crippen molar-refractivity contribution in [2.24, 2.45) is 5.41 Å². The van der Waals surface area contributed by atoms with Gasteiger partial charge >= 0.3 is 17.9 Å². The highest BCUT2D eigenvalue weighted by Crippen LogP contribution is 2.68. The Morgan fingerprint density at radius 1 is 1.11 bits per heavy atom. The second-order valence-corrected chi connectivity index (χ2v) is 10.3. The van der Waals surface area contributed by atoms with Crippen LogP contribution in [-0.2, 0) is 34.0 Å². The number of methoxy groups -OCH3 is 2. The van der Waals surface area contributed by atoms with Crippen LogP contribution in [-0.4, -0.2) is 81.0 Å². The Labute approximate surface area is 211 Å². The van der Waals surface area contributed by atoms with Gasteiger partial charge in [-0.05, 0) is 31.0 Å². The van der Waals surface area contributed by atoms with Crippen molar-refractivity contribution in [3.63, 3.8) is 0 Å². The molecular weight excluding hydrogens is 464 g/mol. The highest BCUT2D eigenvalue weighted by molar-refractivity contribution is 5.89. The number of rotatable bonds is 5. The lowest BCUT2D eigenvalue weighted by Gasteiger charge is -2.64. The van der Waals surface area contributed by atoms with Gasteiger partial charge in [0.05, 0.1) is 20.3 Å². The topological polar surface area (TPSA) is 94.6 Å². The molecule has 1 aromatic carbocycles. The van der Waals surface area contributed by atoms with E-state index in [1.807, 2.05) is 31.0 Å². The Bertz CT molecular complexity index is 1150. The van der Waals surface area contributed by atoms with Crippen molar-refractivity contribution in [2.75, 3.05) is 39.3 Å². The standard InChI is InChI=1S/C27H34N2O7/c1-7-25-11-8-13-29-14-12-26(21(25)29)19-10-9-18(33-5)15-20(19)28(4)22(26)27(24(32)34-6,36-17(3)31)23(25)35-16(2)30/h8-11,15,21-23H,7,12-14H2,1-6H3/t21-,22+,23+,25+,26+,27-/m0/s1. The zero-order valence-electron chi connectivity index (χ0n) is 21.7. The first-order valence-electron chi connectivity index (χ1n) is 12.4. The molecule has 1 saturated carbocycles. The van der Waals surface area contributed by atoms with E-state index in [0.29, 0.717) is 12.2 Å². The molecular formula is C27H34N2O7. The van der Waals surface area contributed by atoms with Gasteiger partial charge in [-0.3, -0.25) is 14.5 Å². The predicted octanol–water partition coefficient (Wildman–Crippen LogP) is 2.21. The van der Waals surface area contributed by atoms with Crippen molar-refractivity contribution in [1.82, 2.24) is 4.90 Å². The third-order valence-corrected chi connectivity index (χ3v) is 8.90. The summed E-state index contributed by atoms with van der Waals surface area (Å²) in [5.74, 6) is -1.25. The number of hydrogen-bond donors (Lipinski definition) is 0. The van der Waals surface area contributed by atoms with Gasteiger partial charge in [-0.25, -0.2) is 4.79 Å². The first-order valence-corrected chi connectivity index (χ1v) is 12.4. The number of fused-ring (bicyclic) bond motifs is 1. The Morgan fingerprint density at radius 3 is 2.47 bits per heavy atom. The molecule has 3 aliphatic heterocycles. The molecule has 2 fully saturated rings. The van der Waals surface area contributed by atoms with Gasteiger partial charge in [0.25, 0.3) is 5.60 Å². The highest BCUT2D eigenvalue weighted by atomic mass is 16.6. The van der Waals surface area contributed by atoms with E-state index in [1.165, 1.54) is 21.0 Å². The minimum absolute atomic E-state index is 0.0974. The molecule has 36 heavy (non-hydrogen) atoms. The average Bonchev–Trinajstić information content (AvgIpc) is 3.36. The van der Waals surface area contributed by atoms with Gasteiger partial charge in [0.1, 0.15) is 5.75 Å². The maximum Gasteiger partial charge on any atom is 0.356 e. The SMILES string of the molecule is CC[C@]12C=CCN3CC[C@@]4(c5ccc(OC)cc5N(C)[C@H]4[C@@](OC(C)=O)(C(=O)OC)[C@@H]1OC(C)=O)[C@@H]32. The largest absolute Gasteiger partial charge is 0.497 e. The van der Waals surface area contributed by atoms with E-state index in [2.05, 4.69) is 23.1 Å². The highest BCUT2D eigenvalue weighted by Gasteiger charge is 2.82. The van der Waals surface area contributed by atoms with E-state index in [4.69, 9.17) is 18.9 Å². The molecule has 9 nitrogen and oxygen atoms in total. The van der Waals surface area contributed by atoms with Crippen molar-refractivity contribution >= 4 is 23.6 Å². The first kappa shape index (κ1) is 24.6. The van der Waals surface area contributed by atoms with Gasteiger partial charge in [0.15, 0.2) is 6.10 Å². The molecule has 1 saturated heterocycles. The quantitative estimate of drug-likeness (QED) is 0.344. The van der Waals surface area contributed by atoms with Crippen molar-refractivity contribution in [3.05, 3.63) is 35.9 Å². The zero-order valence-corrected chi connectivity index (χ0v) is 21.7. The lowest BCUT2D eigenvalue weighted by atomic mass is 9.47. The van der Waals surface area contributed by atoms with Crippen LogP contribution < -0.4 is 9.64 Å². The second kappa shape index (κ2) is 8.23. The van der Waals surface area contributed by atoms with Crippen LogP contribution in [0.25, 0.3) is 0 Å². The van der Waals surface area contributed by atoms with Crippen LogP contribution in [0.15, 0.2) is 30.4 Å². The summed E-state index contributed by atoms with van der Waals surface area (Å²) < 4.78 is 23.1.